The van der Waals surface area contributed by atoms with E-state index >= 15 is 0 Å². The molecule has 2 heterocycles. The number of carbonyl (C=O) groups excluding carboxylic acids is 1. The minimum atomic E-state index is -0.418. The number of anilines is 1. The van der Waals surface area contributed by atoms with Crippen molar-refractivity contribution in [2.75, 3.05) is 18.6 Å². The molecule has 6 heteroatoms. The second-order valence-electron chi connectivity index (χ2n) is 4.31. The van der Waals surface area contributed by atoms with Crippen LogP contribution in [0.3, 0.4) is 0 Å². The van der Waals surface area contributed by atoms with Gasteiger partial charge in [-0.25, -0.2) is 9.78 Å². The molecular formula is C11H15ClN2O2S. The molecule has 2 atom stereocenters. The van der Waals surface area contributed by atoms with E-state index in [2.05, 4.69) is 28.5 Å². The van der Waals surface area contributed by atoms with Gasteiger partial charge < -0.3 is 9.64 Å². The van der Waals surface area contributed by atoms with Crippen LogP contribution >= 0.6 is 22.9 Å². The molecule has 2 unspecified atom stereocenters. The Bertz CT molecular complexity index is 435. The molecule has 4 nitrogen and oxygen atoms in total. The normalized spacial score (nSPS) is 24.1. The third kappa shape index (κ3) is 2.26. The molecule has 0 bridgehead atoms. The van der Waals surface area contributed by atoms with Crippen LogP contribution in [0.25, 0.3) is 0 Å². The van der Waals surface area contributed by atoms with Gasteiger partial charge in [-0.2, -0.15) is 0 Å². The molecule has 2 rings (SSSR count). The molecule has 0 saturated carbocycles. The Balaban J connectivity index is 2.26. The fraction of sp³-hybridized carbons (Fsp3) is 0.636. The van der Waals surface area contributed by atoms with Crippen LogP contribution in [0.4, 0.5) is 5.13 Å². The highest BCUT2D eigenvalue weighted by molar-refractivity contribution is 7.18. The highest BCUT2D eigenvalue weighted by atomic mass is 35.5. The Labute approximate surface area is 110 Å². The lowest BCUT2D eigenvalue weighted by Gasteiger charge is -2.22. The van der Waals surface area contributed by atoms with E-state index in [1.165, 1.54) is 18.4 Å². The minimum Gasteiger partial charge on any atom is -0.465 e. The lowest BCUT2D eigenvalue weighted by atomic mass is 10.1. The monoisotopic (exact) mass is 274 g/mol. The van der Waals surface area contributed by atoms with Crippen LogP contribution < -0.4 is 4.90 Å². The van der Waals surface area contributed by atoms with Crippen molar-refractivity contribution in [3.8, 4) is 0 Å². The fourth-order valence-electron chi connectivity index (χ4n) is 2.00. The van der Waals surface area contributed by atoms with Crippen LogP contribution in [0.5, 0.6) is 0 Å². The molecule has 94 valence electrons. The van der Waals surface area contributed by atoms with Gasteiger partial charge in [0.25, 0.3) is 0 Å². The van der Waals surface area contributed by atoms with E-state index in [4.69, 9.17) is 11.6 Å². The van der Waals surface area contributed by atoms with Gasteiger partial charge in [0.15, 0.2) is 15.2 Å². The molecule has 1 aliphatic rings. The van der Waals surface area contributed by atoms with Crippen LogP contribution in [0.15, 0.2) is 0 Å². The fourth-order valence-corrected chi connectivity index (χ4v) is 3.31. The van der Waals surface area contributed by atoms with Crippen LogP contribution in [0, 0.1) is 5.92 Å². The quantitative estimate of drug-likeness (QED) is 0.778. The minimum absolute atomic E-state index is 0.239. The van der Waals surface area contributed by atoms with Gasteiger partial charge in [0, 0.05) is 12.6 Å². The summed E-state index contributed by atoms with van der Waals surface area (Å²) < 4.78 is 4.67. The molecule has 0 aliphatic carbocycles. The summed E-state index contributed by atoms with van der Waals surface area (Å²) in [4.78, 5) is 18.3. The SMILES string of the molecule is COC(=O)c1sc(N2CCC(C)C2C)nc1Cl. The lowest BCUT2D eigenvalue weighted by molar-refractivity contribution is 0.0606. The van der Waals surface area contributed by atoms with Crippen LogP contribution in [-0.2, 0) is 4.74 Å². The van der Waals surface area contributed by atoms with Crippen molar-refractivity contribution in [2.45, 2.75) is 26.3 Å². The Hall–Kier alpha value is -0.810. The summed E-state index contributed by atoms with van der Waals surface area (Å²) in [5.74, 6) is 0.220. The zero-order chi connectivity index (χ0) is 12.6. The van der Waals surface area contributed by atoms with Crippen LogP contribution in [0.1, 0.15) is 29.9 Å². The molecule has 0 spiro atoms. The summed E-state index contributed by atoms with van der Waals surface area (Å²) >= 11 is 7.26. The zero-order valence-electron chi connectivity index (χ0n) is 10.1. The van der Waals surface area contributed by atoms with Crippen molar-refractivity contribution >= 4 is 34.0 Å². The van der Waals surface area contributed by atoms with Crippen LogP contribution in [-0.4, -0.2) is 30.6 Å². The number of hydrogen-bond acceptors (Lipinski definition) is 5. The number of rotatable bonds is 2. The van der Waals surface area contributed by atoms with E-state index in [0.29, 0.717) is 16.8 Å². The molecule has 0 aromatic carbocycles. The highest BCUT2D eigenvalue weighted by Gasteiger charge is 2.31. The summed E-state index contributed by atoms with van der Waals surface area (Å²) in [6.07, 6.45) is 1.14. The highest BCUT2D eigenvalue weighted by Crippen LogP contribution is 2.35. The average molecular weight is 275 g/mol. The Kier molecular flexibility index (Phi) is 3.58. The average Bonchev–Trinajstić information content (AvgIpc) is 2.83. The standard InChI is InChI=1S/C11H15ClN2O2S/c1-6-4-5-14(7(6)2)11-13-9(12)8(17-11)10(15)16-3/h6-7H,4-5H2,1-3H3. The number of nitrogens with zero attached hydrogens (tertiary/aromatic N) is 2. The third-order valence-corrected chi connectivity index (χ3v) is 4.79. The van der Waals surface area contributed by atoms with Gasteiger partial charge in [-0.15, -0.1) is 0 Å². The number of methoxy groups -OCH3 is 1. The lowest BCUT2D eigenvalue weighted by Crippen LogP contribution is -2.28. The molecule has 1 aromatic rings. The Morgan fingerprint density at radius 1 is 1.59 bits per heavy atom. The predicted octanol–water partition coefficient (Wildman–Crippen LogP) is 2.82. The maximum atomic E-state index is 11.5. The third-order valence-electron chi connectivity index (χ3n) is 3.33. The van der Waals surface area contributed by atoms with Gasteiger partial charge in [-0.1, -0.05) is 29.9 Å². The van der Waals surface area contributed by atoms with Gasteiger partial charge in [-0.05, 0) is 19.3 Å². The zero-order valence-corrected chi connectivity index (χ0v) is 11.6. The second kappa shape index (κ2) is 4.82. The molecular weight excluding hydrogens is 260 g/mol. The second-order valence-corrected chi connectivity index (χ2v) is 5.64. The number of esters is 1. The van der Waals surface area contributed by atoms with Crippen molar-refractivity contribution in [2.24, 2.45) is 5.92 Å². The first kappa shape index (κ1) is 12.6. The molecule has 0 amide bonds. The van der Waals surface area contributed by atoms with Gasteiger partial charge in [-0.3, -0.25) is 0 Å². The van der Waals surface area contributed by atoms with Gasteiger partial charge in [0.05, 0.1) is 7.11 Å². The van der Waals surface area contributed by atoms with Gasteiger partial charge >= 0.3 is 5.97 Å². The Morgan fingerprint density at radius 2 is 2.29 bits per heavy atom. The number of carbonyl (C=O) groups is 1. The number of thiazole rings is 1. The number of ether oxygens (including phenoxy) is 1. The van der Waals surface area contributed by atoms with E-state index < -0.39 is 5.97 Å². The van der Waals surface area contributed by atoms with Gasteiger partial charge in [0.1, 0.15) is 0 Å². The van der Waals surface area contributed by atoms with Crippen molar-refractivity contribution in [3.05, 3.63) is 10.0 Å². The van der Waals surface area contributed by atoms with Crippen LogP contribution in [0.2, 0.25) is 5.15 Å². The summed E-state index contributed by atoms with van der Waals surface area (Å²) in [5, 5.41) is 1.05. The molecule has 1 fully saturated rings. The van der Waals surface area contributed by atoms with E-state index in [1.54, 1.807) is 0 Å². The topological polar surface area (TPSA) is 42.4 Å². The van der Waals surface area contributed by atoms with Gasteiger partial charge in [0.2, 0.25) is 0 Å². The summed E-state index contributed by atoms with van der Waals surface area (Å²) in [6, 6.07) is 0.433. The molecule has 1 aliphatic heterocycles. The molecule has 0 N–H and O–H groups in total. The van der Waals surface area contributed by atoms with Crippen molar-refractivity contribution in [1.29, 1.82) is 0 Å². The van der Waals surface area contributed by atoms with E-state index in [1.807, 2.05) is 0 Å². The summed E-state index contributed by atoms with van der Waals surface area (Å²) in [6.45, 7) is 5.36. The molecule has 17 heavy (non-hydrogen) atoms. The Morgan fingerprint density at radius 3 is 2.82 bits per heavy atom. The maximum absolute atomic E-state index is 11.5. The summed E-state index contributed by atoms with van der Waals surface area (Å²) in [5.41, 5.74) is 0. The van der Waals surface area contributed by atoms with Crippen molar-refractivity contribution in [1.82, 2.24) is 4.98 Å². The first-order chi connectivity index (χ1) is 8.04. The molecule has 1 aromatic heterocycles. The van der Waals surface area contributed by atoms with E-state index in [9.17, 15) is 4.79 Å². The predicted molar refractivity (Wildman–Crippen MR) is 69.1 cm³/mol. The largest absolute Gasteiger partial charge is 0.465 e. The first-order valence-corrected chi connectivity index (χ1v) is 6.75. The molecule has 1 saturated heterocycles. The van der Waals surface area contributed by atoms with E-state index in [-0.39, 0.29) is 5.15 Å². The number of halogens is 1. The maximum Gasteiger partial charge on any atom is 0.351 e. The molecule has 0 radical (unpaired) electrons. The summed E-state index contributed by atoms with van der Waals surface area (Å²) in [7, 11) is 1.35. The number of hydrogen-bond donors (Lipinski definition) is 0. The van der Waals surface area contributed by atoms with Crippen molar-refractivity contribution in [3.63, 3.8) is 0 Å². The number of aromatic nitrogens is 1. The van der Waals surface area contributed by atoms with Crippen molar-refractivity contribution < 1.29 is 9.53 Å². The smallest absolute Gasteiger partial charge is 0.351 e. The van der Waals surface area contributed by atoms with E-state index in [0.717, 1.165) is 18.1 Å². The first-order valence-electron chi connectivity index (χ1n) is 5.56.